The van der Waals surface area contributed by atoms with Gasteiger partial charge in [0.25, 0.3) is 5.91 Å². The van der Waals surface area contributed by atoms with E-state index in [9.17, 15) is 13.2 Å². The highest BCUT2D eigenvalue weighted by atomic mass is 35.5. The van der Waals surface area contributed by atoms with Crippen LogP contribution in [0.5, 0.6) is 11.6 Å². The maximum Gasteiger partial charge on any atom is 0.259 e. The van der Waals surface area contributed by atoms with Crippen LogP contribution in [-0.2, 0) is 15.6 Å². The van der Waals surface area contributed by atoms with Gasteiger partial charge in [0.15, 0.2) is 9.84 Å². The summed E-state index contributed by atoms with van der Waals surface area (Å²) in [6.07, 6.45) is 3.26. The number of rotatable bonds is 4. The zero-order valence-corrected chi connectivity index (χ0v) is 16.8. The zero-order valence-electron chi connectivity index (χ0n) is 15.2. The Hall–Kier alpha value is -2.32. The number of hydrogen-bond donors (Lipinski definition) is 0. The predicted octanol–water partition coefficient (Wildman–Crippen LogP) is 2.71. The summed E-state index contributed by atoms with van der Waals surface area (Å²) in [5.74, 6) is -0.0323. The zero-order chi connectivity index (χ0) is 19.9. The van der Waals surface area contributed by atoms with E-state index in [-0.39, 0.29) is 34.2 Å². The predicted molar refractivity (Wildman–Crippen MR) is 103 cm³/mol. The first-order valence-electron chi connectivity index (χ1n) is 8.88. The molecule has 3 heterocycles. The van der Waals surface area contributed by atoms with Crippen molar-refractivity contribution in [1.29, 1.82) is 0 Å². The molecule has 9 heteroatoms. The SMILES string of the molecule is COc1ccc(Cl)cc1S(=O)(=O)Cc1cnc2c(c1)C(=O)N1CCC[C@H]1CO2. The van der Waals surface area contributed by atoms with Gasteiger partial charge in [0.05, 0.1) is 18.9 Å². The lowest BCUT2D eigenvalue weighted by Crippen LogP contribution is -2.36. The number of halogens is 1. The standard InChI is InChI=1S/C19H19ClN2O5S/c1-26-16-5-4-13(20)8-17(16)28(24,25)11-12-7-15-18(21-9-12)27-10-14-3-2-6-22(14)19(15)23/h4-5,7-9,14H,2-3,6,10-11H2,1H3/t14-/m0/s1. The molecule has 0 radical (unpaired) electrons. The monoisotopic (exact) mass is 422 g/mol. The van der Waals surface area contributed by atoms with Gasteiger partial charge in [-0.2, -0.15) is 0 Å². The Bertz CT molecular complexity index is 1040. The number of hydrogen-bond acceptors (Lipinski definition) is 6. The first-order chi connectivity index (χ1) is 13.4. The second-order valence-corrected chi connectivity index (χ2v) is 9.25. The molecule has 1 aromatic carbocycles. The minimum Gasteiger partial charge on any atom is -0.495 e. The van der Waals surface area contributed by atoms with Gasteiger partial charge in [0.2, 0.25) is 5.88 Å². The number of amides is 1. The van der Waals surface area contributed by atoms with Crippen LogP contribution >= 0.6 is 11.6 Å². The van der Waals surface area contributed by atoms with Crippen molar-refractivity contribution in [2.75, 3.05) is 20.3 Å². The van der Waals surface area contributed by atoms with Crippen LogP contribution in [0.1, 0.15) is 28.8 Å². The molecule has 7 nitrogen and oxygen atoms in total. The van der Waals surface area contributed by atoms with E-state index in [1.165, 1.54) is 25.4 Å². The normalized spacial score (nSPS) is 18.9. The number of sulfone groups is 1. The molecule has 0 bridgehead atoms. The van der Waals surface area contributed by atoms with E-state index in [1.54, 1.807) is 17.0 Å². The van der Waals surface area contributed by atoms with Crippen LogP contribution in [0.3, 0.4) is 0 Å². The fraction of sp³-hybridized carbons (Fsp3) is 0.368. The number of carbonyl (C=O) groups is 1. The lowest BCUT2D eigenvalue weighted by atomic mass is 10.2. The lowest BCUT2D eigenvalue weighted by molar-refractivity contribution is 0.0726. The molecule has 1 fully saturated rings. The Kier molecular flexibility index (Phi) is 4.93. The first kappa shape index (κ1) is 19.0. The van der Waals surface area contributed by atoms with E-state index in [0.717, 1.165) is 12.8 Å². The molecule has 2 aliphatic heterocycles. The van der Waals surface area contributed by atoms with Gasteiger partial charge >= 0.3 is 0 Å². The molecular weight excluding hydrogens is 404 g/mol. The third-order valence-electron chi connectivity index (χ3n) is 5.01. The van der Waals surface area contributed by atoms with E-state index in [4.69, 9.17) is 21.1 Å². The van der Waals surface area contributed by atoms with Crippen LogP contribution in [0.4, 0.5) is 0 Å². The molecule has 1 saturated heterocycles. The molecule has 2 aliphatic rings. The number of fused-ring (bicyclic) bond motifs is 2. The number of aromatic nitrogens is 1. The molecule has 1 atom stereocenters. The highest BCUT2D eigenvalue weighted by Gasteiger charge is 2.35. The van der Waals surface area contributed by atoms with E-state index in [0.29, 0.717) is 29.3 Å². The Labute approximate surface area is 168 Å². The molecule has 1 amide bonds. The van der Waals surface area contributed by atoms with E-state index in [1.807, 2.05) is 0 Å². The molecule has 4 rings (SSSR count). The fourth-order valence-electron chi connectivity index (χ4n) is 3.64. The molecule has 0 saturated carbocycles. The van der Waals surface area contributed by atoms with E-state index >= 15 is 0 Å². The molecule has 0 aliphatic carbocycles. The summed E-state index contributed by atoms with van der Waals surface area (Å²) < 4.78 is 36.7. The molecular formula is C19H19ClN2O5S. The molecule has 2 aromatic rings. The average molecular weight is 423 g/mol. The van der Waals surface area contributed by atoms with E-state index in [2.05, 4.69) is 4.98 Å². The van der Waals surface area contributed by atoms with Crippen LogP contribution in [0.25, 0.3) is 0 Å². The summed E-state index contributed by atoms with van der Waals surface area (Å²) in [6.45, 7) is 1.08. The smallest absolute Gasteiger partial charge is 0.259 e. The first-order valence-corrected chi connectivity index (χ1v) is 10.9. The summed E-state index contributed by atoms with van der Waals surface area (Å²) in [4.78, 5) is 18.9. The van der Waals surface area contributed by atoms with Crippen LogP contribution < -0.4 is 9.47 Å². The molecule has 28 heavy (non-hydrogen) atoms. The topological polar surface area (TPSA) is 85.8 Å². The van der Waals surface area contributed by atoms with Gasteiger partial charge in [-0.05, 0) is 42.7 Å². The molecule has 148 valence electrons. The highest BCUT2D eigenvalue weighted by molar-refractivity contribution is 7.90. The number of ether oxygens (including phenoxy) is 2. The molecule has 0 N–H and O–H groups in total. The molecule has 0 unspecified atom stereocenters. The second-order valence-electron chi connectivity index (χ2n) is 6.86. The van der Waals surface area contributed by atoms with Crippen molar-refractivity contribution < 1.29 is 22.7 Å². The second kappa shape index (κ2) is 7.25. The maximum atomic E-state index is 12.9. The Morgan fingerprint density at radius 1 is 1.36 bits per heavy atom. The summed E-state index contributed by atoms with van der Waals surface area (Å²) in [5.41, 5.74) is 0.700. The third kappa shape index (κ3) is 3.42. The maximum absolute atomic E-state index is 12.9. The number of carbonyl (C=O) groups excluding carboxylic acids is 1. The van der Waals surface area contributed by atoms with Gasteiger partial charge in [-0.15, -0.1) is 0 Å². The van der Waals surface area contributed by atoms with Crippen molar-refractivity contribution in [3.63, 3.8) is 0 Å². The van der Waals surface area contributed by atoms with Crippen LogP contribution in [-0.4, -0.2) is 50.5 Å². The molecule has 0 spiro atoms. The van der Waals surface area contributed by atoms with Crippen molar-refractivity contribution in [2.45, 2.75) is 29.5 Å². The van der Waals surface area contributed by atoms with Gasteiger partial charge in [-0.25, -0.2) is 13.4 Å². The van der Waals surface area contributed by atoms with Crippen LogP contribution in [0, 0.1) is 0 Å². The summed E-state index contributed by atoms with van der Waals surface area (Å²) in [7, 11) is -2.37. The van der Waals surface area contributed by atoms with Crippen molar-refractivity contribution in [3.8, 4) is 11.6 Å². The van der Waals surface area contributed by atoms with Gasteiger partial charge < -0.3 is 14.4 Å². The van der Waals surface area contributed by atoms with Gasteiger partial charge in [0, 0.05) is 17.8 Å². The van der Waals surface area contributed by atoms with Gasteiger partial charge in [0.1, 0.15) is 22.8 Å². The quantitative estimate of drug-likeness (QED) is 0.753. The number of benzene rings is 1. The summed E-state index contributed by atoms with van der Waals surface area (Å²) in [6, 6.07) is 6.03. The van der Waals surface area contributed by atoms with Gasteiger partial charge in [-0.3, -0.25) is 4.79 Å². The molecule has 1 aromatic heterocycles. The van der Waals surface area contributed by atoms with Crippen LogP contribution in [0.2, 0.25) is 5.02 Å². The van der Waals surface area contributed by atoms with Gasteiger partial charge in [-0.1, -0.05) is 11.6 Å². The van der Waals surface area contributed by atoms with Crippen molar-refractivity contribution in [1.82, 2.24) is 9.88 Å². The van der Waals surface area contributed by atoms with Crippen molar-refractivity contribution in [3.05, 3.63) is 46.6 Å². The Balaban J connectivity index is 1.67. The Morgan fingerprint density at radius 3 is 2.96 bits per heavy atom. The highest BCUT2D eigenvalue weighted by Crippen LogP contribution is 2.32. The van der Waals surface area contributed by atoms with Crippen LogP contribution in [0.15, 0.2) is 35.4 Å². The summed E-state index contributed by atoms with van der Waals surface area (Å²) >= 11 is 5.97. The van der Waals surface area contributed by atoms with Crippen molar-refractivity contribution >= 4 is 27.3 Å². The largest absolute Gasteiger partial charge is 0.495 e. The fourth-order valence-corrected chi connectivity index (χ4v) is 5.39. The lowest BCUT2D eigenvalue weighted by Gasteiger charge is -2.20. The number of nitrogens with zero attached hydrogens (tertiary/aromatic N) is 2. The summed E-state index contributed by atoms with van der Waals surface area (Å²) in [5, 5.41) is 0.295. The number of pyridine rings is 1. The Morgan fingerprint density at radius 2 is 2.18 bits per heavy atom. The third-order valence-corrected chi connectivity index (χ3v) is 6.94. The minimum atomic E-state index is -3.76. The average Bonchev–Trinajstić information content (AvgIpc) is 3.10. The van der Waals surface area contributed by atoms with E-state index < -0.39 is 9.84 Å². The van der Waals surface area contributed by atoms with Crippen molar-refractivity contribution in [2.24, 2.45) is 0 Å². The minimum absolute atomic E-state index is 0.000346. The number of methoxy groups -OCH3 is 1.